The molecule has 1 aliphatic heterocycles. The van der Waals surface area contributed by atoms with Gasteiger partial charge in [-0.05, 0) is 25.0 Å². The molecule has 24 heavy (non-hydrogen) atoms. The number of fused-ring (bicyclic) bond motifs is 1. The molecule has 1 aliphatic rings. The van der Waals surface area contributed by atoms with Gasteiger partial charge in [0.25, 0.3) is 0 Å². The van der Waals surface area contributed by atoms with Crippen LogP contribution in [0.15, 0.2) is 24.3 Å². The summed E-state index contributed by atoms with van der Waals surface area (Å²) in [6.45, 7) is 6.11. The highest BCUT2D eigenvalue weighted by atomic mass is 16.5. The number of carbonyl (C=O) groups is 2. The van der Waals surface area contributed by atoms with Crippen molar-refractivity contribution in [2.24, 2.45) is 0 Å². The Balaban J connectivity index is 2.07. The van der Waals surface area contributed by atoms with Crippen LogP contribution in [-0.4, -0.2) is 25.3 Å². The van der Waals surface area contributed by atoms with Crippen molar-refractivity contribution in [3.05, 3.63) is 35.4 Å². The Bertz CT molecular complexity index is 618. The number of benzene rings is 1. The smallest absolute Gasteiger partial charge is 0.196 e. The van der Waals surface area contributed by atoms with Crippen LogP contribution in [-0.2, 0) is 0 Å². The molecule has 1 atom stereocenters. The van der Waals surface area contributed by atoms with Crippen LogP contribution in [0, 0.1) is 0 Å². The van der Waals surface area contributed by atoms with E-state index >= 15 is 0 Å². The molecule has 1 aromatic carbocycles. The van der Waals surface area contributed by atoms with Crippen LogP contribution in [0.1, 0.15) is 72.6 Å². The van der Waals surface area contributed by atoms with Crippen LogP contribution in [0.4, 0.5) is 0 Å². The third-order valence-corrected chi connectivity index (χ3v) is 4.44. The Kier molecular flexibility index (Phi) is 6.59. The third kappa shape index (κ3) is 4.05. The largest absolute Gasteiger partial charge is 0.493 e. The Labute approximate surface area is 143 Å². The molecule has 1 aromatic rings. The molecule has 0 saturated carbocycles. The minimum absolute atomic E-state index is 0.158. The molecule has 0 radical (unpaired) electrons. The maximum atomic E-state index is 12.6. The highest BCUT2D eigenvalue weighted by molar-refractivity contribution is 6.13. The number of rotatable bonds is 9. The van der Waals surface area contributed by atoms with E-state index in [4.69, 9.17) is 9.47 Å². The standard InChI is InChI=1S/C20H26O4/c1-4-5-6-7-8-9-10-17-14(2)19(22)16-11-15(13-21)12-18(23-3)20(16)24-17/h11-13,17H,2,4-10H2,1,3H3. The van der Waals surface area contributed by atoms with Crippen LogP contribution in [0.25, 0.3) is 0 Å². The summed E-state index contributed by atoms with van der Waals surface area (Å²) < 4.78 is 11.3. The van der Waals surface area contributed by atoms with Crippen molar-refractivity contribution in [3.63, 3.8) is 0 Å². The summed E-state index contributed by atoms with van der Waals surface area (Å²) in [7, 11) is 1.50. The fourth-order valence-corrected chi connectivity index (χ4v) is 3.01. The van der Waals surface area contributed by atoms with Gasteiger partial charge in [0.05, 0.1) is 12.7 Å². The summed E-state index contributed by atoms with van der Waals surface area (Å²) >= 11 is 0. The van der Waals surface area contributed by atoms with Gasteiger partial charge in [-0.15, -0.1) is 0 Å². The van der Waals surface area contributed by atoms with Gasteiger partial charge in [0.15, 0.2) is 17.3 Å². The molecule has 0 bridgehead atoms. The van der Waals surface area contributed by atoms with Gasteiger partial charge in [0.1, 0.15) is 12.4 Å². The summed E-state index contributed by atoms with van der Waals surface area (Å²) in [6.07, 6.45) is 8.27. The summed E-state index contributed by atoms with van der Waals surface area (Å²) in [5.74, 6) is 0.689. The van der Waals surface area contributed by atoms with Gasteiger partial charge in [0, 0.05) is 11.1 Å². The lowest BCUT2D eigenvalue weighted by molar-refractivity contribution is 0.0950. The van der Waals surface area contributed by atoms with E-state index in [0.29, 0.717) is 34.5 Å². The van der Waals surface area contributed by atoms with Gasteiger partial charge in [-0.25, -0.2) is 0 Å². The Morgan fingerprint density at radius 3 is 2.58 bits per heavy atom. The number of methoxy groups -OCH3 is 1. The lowest BCUT2D eigenvalue weighted by Gasteiger charge is -2.28. The van der Waals surface area contributed by atoms with Crippen LogP contribution >= 0.6 is 0 Å². The molecule has 130 valence electrons. The molecule has 0 aromatic heterocycles. The van der Waals surface area contributed by atoms with Gasteiger partial charge in [-0.2, -0.15) is 0 Å². The van der Waals surface area contributed by atoms with E-state index in [0.717, 1.165) is 19.3 Å². The average Bonchev–Trinajstić information content (AvgIpc) is 2.61. The number of ketones is 1. The second-order valence-electron chi connectivity index (χ2n) is 6.23. The highest BCUT2D eigenvalue weighted by Crippen LogP contribution is 2.39. The van der Waals surface area contributed by atoms with Crippen molar-refractivity contribution in [1.29, 1.82) is 0 Å². The monoisotopic (exact) mass is 330 g/mol. The normalized spacial score (nSPS) is 16.5. The number of Topliss-reactive ketones (excluding diaryl/α,β-unsaturated/α-hetero) is 1. The van der Waals surface area contributed by atoms with Crippen LogP contribution in [0.3, 0.4) is 0 Å². The quantitative estimate of drug-likeness (QED) is 0.372. The minimum Gasteiger partial charge on any atom is -0.493 e. The molecule has 0 fully saturated rings. The summed E-state index contributed by atoms with van der Waals surface area (Å²) in [4.78, 5) is 23.6. The molecule has 4 heteroatoms. The Morgan fingerprint density at radius 2 is 1.92 bits per heavy atom. The van der Waals surface area contributed by atoms with E-state index in [-0.39, 0.29) is 11.9 Å². The van der Waals surface area contributed by atoms with E-state index in [9.17, 15) is 9.59 Å². The van der Waals surface area contributed by atoms with E-state index in [1.807, 2.05) is 0 Å². The Hall–Kier alpha value is -2.10. The molecule has 2 rings (SSSR count). The predicted octanol–water partition coefficient (Wildman–Crippen LogP) is 4.76. The van der Waals surface area contributed by atoms with Crippen LogP contribution in [0.5, 0.6) is 11.5 Å². The number of hydrogen-bond donors (Lipinski definition) is 0. The zero-order chi connectivity index (χ0) is 17.5. The first-order valence-corrected chi connectivity index (χ1v) is 8.69. The molecule has 0 saturated heterocycles. The minimum atomic E-state index is -0.313. The fraction of sp³-hybridized carbons (Fsp3) is 0.500. The Morgan fingerprint density at radius 1 is 1.21 bits per heavy atom. The number of unbranched alkanes of at least 4 members (excludes halogenated alkanes) is 5. The topological polar surface area (TPSA) is 52.6 Å². The summed E-state index contributed by atoms with van der Waals surface area (Å²) in [5.41, 5.74) is 1.21. The van der Waals surface area contributed by atoms with Crippen LogP contribution < -0.4 is 9.47 Å². The van der Waals surface area contributed by atoms with Crippen LogP contribution in [0.2, 0.25) is 0 Å². The molecule has 1 unspecified atom stereocenters. The van der Waals surface area contributed by atoms with Crippen molar-refractivity contribution in [2.45, 2.75) is 58.0 Å². The molecule has 4 nitrogen and oxygen atoms in total. The number of aldehydes is 1. The number of hydrogen-bond acceptors (Lipinski definition) is 4. The third-order valence-electron chi connectivity index (χ3n) is 4.44. The first kappa shape index (κ1) is 18.2. The molecule has 0 N–H and O–H groups in total. The van der Waals surface area contributed by atoms with Crippen molar-refractivity contribution in [1.82, 2.24) is 0 Å². The van der Waals surface area contributed by atoms with Crippen molar-refractivity contribution in [3.8, 4) is 11.5 Å². The van der Waals surface area contributed by atoms with Gasteiger partial charge in [-0.1, -0.05) is 45.6 Å². The fourth-order valence-electron chi connectivity index (χ4n) is 3.01. The lowest BCUT2D eigenvalue weighted by atomic mass is 9.92. The van der Waals surface area contributed by atoms with E-state index in [1.54, 1.807) is 12.1 Å². The molecular formula is C20H26O4. The molecule has 0 aliphatic carbocycles. The molecule has 1 heterocycles. The second-order valence-corrected chi connectivity index (χ2v) is 6.23. The first-order chi connectivity index (χ1) is 11.6. The zero-order valence-electron chi connectivity index (χ0n) is 14.6. The predicted molar refractivity (Wildman–Crippen MR) is 94.3 cm³/mol. The molecule has 0 amide bonds. The lowest BCUT2D eigenvalue weighted by Crippen LogP contribution is -2.30. The zero-order valence-corrected chi connectivity index (χ0v) is 14.6. The van der Waals surface area contributed by atoms with Gasteiger partial charge < -0.3 is 9.47 Å². The SMILES string of the molecule is C=C1C(=O)c2cc(C=O)cc(OC)c2OC1CCCCCCCC. The van der Waals surface area contributed by atoms with Crippen molar-refractivity contribution >= 4 is 12.1 Å². The molecule has 0 spiro atoms. The van der Waals surface area contributed by atoms with E-state index in [1.165, 1.54) is 32.8 Å². The van der Waals surface area contributed by atoms with Gasteiger partial charge >= 0.3 is 0 Å². The number of ether oxygens (including phenoxy) is 2. The average molecular weight is 330 g/mol. The van der Waals surface area contributed by atoms with Crippen molar-refractivity contribution < 1.29 is 19.1 Å². The maximum Gasteiger partial charge on any atom is 0.196 e. The highest BCUT2D eigenvalue weighted by Gasteiger charge is 2.32. The van der Waals surface area contributed by atoms with Crippen molar-refractivity contribution in [2.75, 3.05) is 7.11 Å². The first-order valence-electron chi connectivity index (χ1n) is 8.69. The number of carbonyl (C=O) groups excluding carboxylic acids is 2. The maximum absolute atomic E-state index is 12.6. The van der Waals surface area contributed by atoms with E-state index in [2.05, 4.69) is 13.5 Å². The summed E-state index contributed by atoms with van der Waals surface area (Å²) in [5, 5.41) is 0. The molecular weight excluding hydrogens is 304 g/mol. The second kappa shape index (κ2) is 8.67. The summed E-state index contributed by atoms with van der Waals surface area (Å²) in [6, 6.07) is 3.13. The van der Waals surface area contributed by atoms with Gasteiger partial charge in [-0.3, -0.25) is 9.59 Å². The van der Waals surface area contributed by atoms with Gasteiger partial charge in [0.2, 0.25) is 0 Å². The van der Waals surface area contributed by atoms with E-state index < -0.39 is 0 Å².